The molecule has 0 spiro atoms. The number of benzene rings is 1. The third kappa shape index (κ3) is 3.68. The van der Waals surface area contributed by atoms with Crippen molar-refractivity contribution in [2.75, 3.05) is 6.61 Å². The molecular formula is C11H15ClFNO. The van der Waals surface area contributed by atoms with Gasteiger partial charge in [0.1, 0.15) is 18.5 Å². The normalized spacial score (nSPS) is 12.5. The van der Waals surface area contributed by atoms with E-state index in [-0.39, 0.29) is 6.61 Å². The van der Waals surface area contributed by atoms with Crippen molar-refractivity contribution in [3.05, 3.63) is 28.8 Å². The minimum atomic E-state index is -0.949. The lowest BCUT2D eigenvalue weighted by molar-refractivity contribution is 0.192. The maximum Gasteiger partial charge on any atom is 0.138 e. The molecule has 0 saturated carbocycles. The van der Waals surface area contributed by atoms with Crippen molar-refractivity contribution in [1.29, 1.82) is 0 Å². The number of hydrogen-bond donors (Lipinski definition) is 1. The van der Waals surface area contributed by atoms with Crippen LogP contribution in [-0.4, -0.2) is 12.8 Å². The third-order valence-electron chi connectivity index (χ3n) is 2.09. The molecule has 0 aliphatic carbocycles. The fourth-order valence-electron chi connectivity index (χ4n) is 1.09. The Morgan fingerprint density at radius 3 is 2.80 bits per heavy atom. The van der Waals surface area contributed by atoms with Gasteiger partial charge in [0.05, 0.1) is 5.02 Å². The first-order chi connectivity index (χ1) is 7.17. The Labute approximate surface area is 94.2 Å². The van der Waals surface area contributed by atoms with Gasteiger partial charge in [0.25, 0.3) is 0 Å². The molecule has 2 nitrogen and oxygen atoms in total. The van der Waals surface area contributed by atoms with Crippen LogP contribution in [-0.2, 0) is 6.54 Å². The van der Waals surface area contributed by atoms with Crippen LogP contribution in [0.25, 0.3) is 0 Å². The van der Waals surface area contributed by atoms with Crippen molar-refractivity contribution in [1.82, 2.24) is 0 Å². The van der Waals surface area contributed by atoms with Gasteiger partial charge in [-0.25, -0.2) is 4.39 Å². The smallest absolute Gasteiger partial charge is 0.138 e. The Morgan fingerprint density at radius 2 is 2.27 bits per heavy atom. The van der Waals surface area contributed by atoms with Crippen molar-refractivity contribution in [3.8, 4) is 5.75 Å². The largest absolute Gasteiger partial charge is 0.489 e. The Balaban J connectivity index is 2.62. The van der Waals surface area contributed by atoms with E-state index in [1.165, 1.54) is 0 Å². The fraction of sp³-hybridized carbons (Fsp3) is 0.455. The Bertz CT molecular complexity index is 319. The van der Waals surface area contributed by atoms with Crippen molar-refractivity contribution in [3.63, 3.8) is 0 Å². The average Bonchev–Trinajstić information content (AvgIpc) is 2.26. The van der Waals surface area contributed by atoms with Crippen molar-refractivity contribution in [2.24, 2.45) is 5.73 Å². The molecule has 0 amide bonds. The summed E-state index contributed by atoms with van der Waals surface area (Å²) in [5.41, 5.74) is 6.38. The molecule has 1 unspecified atom stereocenters. The Hall–Kier alpha value is -0.800. The first-order valence-corrected chi connectivity index (χ1v) is 5.30. The molecule has 2 N–H and O–H groups in total. The van der Waals surface area contributed by atoms with Gasteiger partial charge in [-0.2, -0.15) is 0 Å². The molecule has 0 aliphatic rings. The average molecular weight is 232 g/mol. The van der Waals surface area contributed by atoms with E-state index < -0.39 is 6.17 Å². The summed E-state index contributed by atoms with van der Waals surface area (Å²) in [6, 6.07) is 5.27. The molecule has 84 valence electrons. The number of halogens is 2. The van der Waals surface area contributed by atoms with E-state index in [1.807, 2.05) is 6.07 Å². The van der Waals surface area contributed by atoms with Gasteiger partial charge in [0, 0.05) is 6.54 Å². The maximum absolute atomic E-state index is 12.9. The summed E-state index contributed by atoms with van der Waals surface area (Å²) < 4.78 is 18.1. The van der Waals surface area contributed by atoms with Gasteiger partial charge in [0.15, 0.2) is 0 Å². The number of ether oxygens (including phenoxy) is 1. The minimum Gasteiger partial charge on any atom is -0.489 e. The lowest BCUT2D eigenvalue weighted by Crippen LogP contribution is -2.11. The van der Waals surface area contributed by atoms with Crippen LogP contribution in [0.5, 0.6) is 5.75 Å². The summed E-state index contributed by atoms with van der Waals surface area (Å²) >= 11 is 5.93. The Morgan fingerprint density at radius 1 is 1.53 bits per heavy atom. The second kappa shape index (κ2) is 5.93. The molecular weight excluding hydrogens is 217 g/mol. The van der Waals surface area contributed by atoms with E-state index in [4.69, 9.17) is 22.1 Å². The highest BCUT2D eigenvalue weighted by Crippen LogP contribution is 2.25. The van der Waals surface area contributed by atoms with Gasteiger partial charge >= 0.3 is 0 Å². The van der Waals surface area contributed by atoms with Crippen LogP contribution in [0.1, 0.15) is 18.9 Å². The number of nitrogens with two attached hydrogens (primary N) is 1. The highest BCUT2D eigenvalue weighted by atomic mass is 35.5. The molecule has 0 fully saturated rings. The highest BCUT2D eigenvalue weighted by Gasteiger charge is 2.07. The van der Waals surface area contributed by atoms with E-state index >= 15 is 0 Å². The van der Waals surface area contributed by atoms with Crippen LogP contribution in [0.3, 0.4) is 0 Å². The maximum atomic E-state index is 12.9. The lowest BCUT2D eigenvalue weighted by Gasteiger charge is -2.10. The van der Waals surface area contributed by atoms with E-state index in [1.54, 1.807) is 19.1 Å². The van der Waals surface area contributed by atoms with Crippen molar-refractivity contribution in [2.45, 2.75) is 26.1 Å². The fourth-order valence-corrected chi connectivity index (χ4v) is 1.34. The summed E-state index contributed by atoms with van der Waals surface area (Å²) in [5, 5.41) is 0.473. The molecule has 0 aliphatic heterocycles. The molecule has 0 radical (unpaired) electrons. The number of alkyl halides is 1. The molecule has 1 aromatic rings. The third-order valence-corrected chi connectivity index (χ3v) is 2.39. The summed E-state index contributed by atoms with van der Waals surface area (Å²) in [5.74, 6) is 0.505. The second-order valence-electron chi connectivity index (χ2n) is 3.29. The van der Waals surface area contributed by atoms with Crippen molar-refractivity contribution < 1.29 is 9.13 Å². The zero-order valence-electron chi connectivity index (χ0n) is 8.67. The monoisotopic (exact) mass is 231 g/mol. The predicted octanol–water partition coefficient (Wildman–Crippen LogP) is 2.93. The summed E-state index contributed by atoms with van der Waals surface area (Å²) in [4.78, 5) is 0. The topological polar surface area (TPSA) is 35.2 Å². The van der Waals surface area contributed by atoms with Crippen LogP contribution in [0.4, 0.5) is 4.39 Å². The van der Waals surface area contributed by atoms with Crippen molar-refractivity contribution >= 4 is 11.6 Å². The summed E-state index contributed by atoms with van der Waals surface area (Å²) in [6.45, 7) is 2.24. The molecule has 0 aromatic heterocycles. The van der Waals surface area contributed by atoms with E-state index in [2.05, 4.69) is 0 Å². The van der Waals surface area contributed by atoms with Gasteiger partial charge in [-0.15, -0.1) is 0 Å². The van der Waals surface area contributed by atoms with Gasteiger partial charge in [0.2, 0.25) is 0 Å². The highest BCUT2D eigenvalue weighted by molar-refractivity contribution is 6.32. The molecule has 0 heterocycles. The van der Waals surface area contributed by atoms with Gasteiger partial charge < -0.3 is 10.5 Å². The zero-order valence-corrected chi connectivity index (χ0v) is 9.43. The molecule has 1 aromatic carbocycles. The lowest BCUT2D eigenvalue weighted by atomic mass is 10.2. The molecule has 1 rings (SSSR count). The van der Waals surface area contributed by atoms with E-state index in [0.717, 1.165) is 5.56 Å². The van der Waals surface area contributed by atoms with Gasteiger partial charge in [-0.05, 0) is 24.1 Å². The second-order valence-corrected chi connectivity index (χ2v) is 3.69. The molecule has 15 heavy (non-hydrogen) atoms. The van der Waals surface area contributed by atoms with Crippen LogP contribution >= 0.6 is 11.6 Å². The van der Waals surface area contributed by atoms with Crippen LogP contribution < -0.4 is 10.5 Å². The standard InChI is InChI=1S/C11H15ClFNO/c1-2-9(13)7-15-11-4-3-8(6-14)5-10(11)12/h3-5,9H,2,6-7,14H2,1H3. The van der Waals surface area contributed by atoms with Gasteiger partial charge in [-0.1, -0.05) is 24.6 Å². The van der Waals surface area contributed by atoms with Crippen LogP contribution in [0.15, 0.2) is 18.2 Å². The molecule has 0 bridgehead atoms. The quantitative estimate of drug-likeness (QED) is 0.846. The minimum absolute atomic E-state index is 0.0399. The van der Waals surface area contributed by atoms with E-state index in [0.29, 0.717) is 23.7 Å². The molecule has 1 atom stereocenters. The predicted molar refractivity (Wildman–Crippen MR) is 60.0 cm³/mol. The summed E-state index contributed by atoms with van der Waals surface area (Å²) in [6.07, 6.45) is -0.506. The SMILES string of the molecule is CCC(F)COc1ccc(CN)cc1Cl. The first-order valence-electron chi connectivity index (χ1n) is 4.92. The first kappa shape index (κ1) is 12.3. The zero-order chi connectivity index (χ0) is 11.3. The van der Waals surface area contributed by atoms with E-state index in [9.17, 15) is 4.39 Å². The summed E-state index contributed by atoms with van der Waals surface area (Å²) in [7, 11) is 0. The Kier molecular flexibility index (Phi) is 4.85. The van der Waals surface area contributed by atoms with Crippen LogP contribution in [0, 0.1) is 0 Å². The number of hydrogen-bond acceptors (Lipinski definition) is 2. The number of rotatable bonds is 5. The molecule has 0 saturated heterocycles. The van der Waals surface area contributed by atoms with Gasteiger partial charge in [-0.3, -0.25) is 0 Å². The molecule has 4 heteroatoms. The van der Waals surface area contributed by atoms with Crippen LogP contribution in [0.2, 0.25) is 5.02 Å².